The predicted octanol–water partition coefficient (Wildman–Crippen LogP) is 2.76. The summed E-state index contributed by atoms with van der Waals surface area (Å²) >= 11 is 0. The van der Waals surface area contributed by atoms with E-state index in [2.05, 4.69) is 5.32 Å². The molecule has 0 aliphatic heterocycles. The summed E-state index contributed by atoms with van der Waals surface area (Å²) < 4.78 is 56.9. The number of nitrogens with one attached hydrogen (secondary N) is 1. The van der Waals surface area contributed by atoms with Crippen LogP contribution in [0.25, 0.3) is 0 Å². The molecule has 0 aromatic heterocycles. The molecule has 0 radical (unpaired) electrons. The van der Waals surface area contributed by atoms with Crippen molar-refractivity contribution in [2.75, 3.05) is 25.2 Å². The van der Waals surface area contributed by atoms with Crippen LogP contribution in [0.2, 0.25) is 0 Å². The van der Waals surface area contributed by atoms with Crippen molar-refractivity contribution in [3.05, 3.63) is 59.7 Å². The van der Waals surface area contributed by atoms with Gasteiger partial charge in [-0.1, -0.05) is 18.2 Å². The Morgan fingerprint density at radius 3 is 2.52 bits per heavy atom. The van der Waals surface area contributed by atoms with Crippen LogP contribution >= 0.6 is 0 Å². The summed E-state index contributed by atoms with van der Waals surface area (Å²) in [5.74, 6) is -1.72. The lowest BCUT2D eigenvalue weighted by Gasteiger charge is -2.21. The van der Waals surface area contributed by atoms with Crippen LogP contribution in [-0.2, 0) is 21.4 Å². The van der Waals surface area contributed by atoms with Gasteiger partial charge in [0.1, 0.15) is 17.4 Å². The predicted molar refractivity (Wildman–Crippen MR) is 97.9 cm³/mol. The highest BCUT2D eigenvalue weighted by atomic mass is 32.2. The molecule has 2 rings (SSSR count). The lowest BCUT2D eigenvalue weighted by molar-refractivity contribution is -0.116. The van der Waals surface area contributed by atoms with Crippen LogP contribution in [0.1, 0.15) is 12.0 Å². The van der Waals surface area contributed by atoms with Gasteiger partial charge in [-0.3, -0.25) is 4.79 Å². The zero-order valence-electron chi connectivity index (χ0n) is 14.9. The van der Waals surface area contributed by atoms with Gasteiger partial charge in [0.15, 0.2) is 0 Å². The van der Waals surface area contributed by atoms with Gasteiger partial charge in [-0.2, -0.15) is 4.31 Å². The smallest absolute Gasteiger partial charge is 0.225 e. The van der Waals surface area contributed by atoms with E-state index in [-0.39, 0.29) is 25.2 Å². The maximum atomic E-state index is 13.6. The molecule has 1 amide bonds. The van der Waals surface area contributed by atoms with Gasteiger partial charge in [0, 0.05) is 31.1 Å². The number of hydrogen-bond acceptors (Lipinski definition) is 4. The fourth-order valence-electron chi connectivity index (χ4n) is 2.42. The zero-order valence-corrected chi connectivity index (χ0v) is 15.7. The van der Waals surface area contributed by atoms with Gasteiger partial charge in [-0.05, 0) is 18.2 Å². The zero-order chi connectivity index (χ0) is 20.0. The van der Waals surface area contributed by atoms with Crippen LogP contribution in [-0.4, -0.2) is 38.5 Å². The van der Waals surface area contributed by atoms with Crippen LogP contribution in [0, 0.1) is 11.6 Å². The maximum Gasteiger partial charge on any atom is 0.225 e. The van der Waals surface area contributed by atoms with Crippen molar-refractivity contribution >= 4 is 21.6 Å². The van der Waals surface area contributed by atoms with E-state index in [0.29, 0.717) is 17.4 Å². The van der Waals surface area contributed by atoms with Crippen molar-refractivity contribution in [3.8, 4) is 5.75 Å². The van der Waals surface area contributed by atoms with E-state index < -0.39 is 27.6 Å². The number of para-hydroxylation sites is 1. The van der Waals surface area contributed by atoms with Gasteiger partial charge in [0.2, 0.25) is 15.9 Å². The van der Waals surface area contributed by atoms with Crippen LogP contribution in [0.5, 0.6) is 5.75 Å². The molecule has 6 nitrogen and oxygen atoms in total. The van der Waals surface area contributed by atoms with Gasteiger partial charge in [0.25, 0.3) is 0 Å². The number of carbonyl (C=O) groups excluding carboxylic acids is 1. The van der Waals surface area contributed by atoms with E-state index in [1.165, 1.54) is 7.11 Å². The Hall–Kier alpha value is -2.52. The number of sulfonamides is 1. The molecule has 0 unspecified atom stereocenters. The van der Waals surface area contributed by atoms with Crippen molar-refractivity contribution < 1.29 is 26.7 Å². The normalized spacial score (nSPS) is 11.4. The molecule has 146 valence electrons. The molecule has 0 aliphatic carbocycles. The minimum Gasteiger partial charge on any atom is -0.496 e. The lowest BCUT2D eigenvalue weighted by atomic mass is 10.2. The highest BCUT2D eigenvalue weighted by molar-refractivity contribution is 7.88. The molecule has 0 spiro atoms. The summed E-state index contributed by atoms with van der Waals surface area (Å²) in [5, 5.41) is 2.30. The molecular formula is C18H20F2N2O4S. The number of benzene rings is 2. The largest absolute Gasteiger partial charge is 0.496 e. The Kier molecular flexibility index (Phi) is 6.86. The molecular weight excluding hydrogens is 378 g/mol. The van der Waals surface area contributed by atoms with Crippen LogP contribution < -0.4 is 10.1 Å². The number of halogens is 2. The molecule has 0 bridgehead atoms. The van der Waals surface area contributed by atoms with Crippen molar-refractivity contribution in [1.82, 2.24) is 4.31 Å². The molecule has 0 heterocycles. The fraction of sp³-hybridized carbons (Fsp3) is 0.278. The number of methoxy groups -OCH3 is 1. The second-order valence-corrected chi connectivity index (χ2v) is 7.81. The molecule has 0 aliphatic rings. The molecule has 0 saturated carbocycles. The van der Waals surface area contributed by atoms with Crippen molar-refractivity contribution in [3.63, 3.8) is 0 Å². The Balaban J connectivity index is 2.05. The fourth-order valence-corrected chi connectivity index (χ4v) is 3.21. The van der Waals surface area contributed by atoms with Crippen molar-refractivity contribution in [2.24, 2.45) is 0 Å². The van der Waals surface area contributed by atoms with Gasteiger partial charge in [0.05, 0.1) is 19.1 Å². The first-order valence-electron chi connectivity index (χ1n) is 8.02. The summed E-state index contributed by atoms with van der Waals surface area (Å²) in [7, 11) is -2.12. The van der Waals surface area contributed by atoms with E-state index in [1.807, 2.05) is 0 Å². The first-order valence-corrected chi connectivity index (χ1v) is 9.87. The number of carbonyl (C=O) groups is 1. The number of ether oxygens (including phenoxy) is 1. The molecule has 9 heteroatoms. The first-order chi connectivity index (χ1) is 12.7. The molecule has 0 atom stereocenters. The van der Waals surface area contributed by atoms with E-state index >= 15 is 0 Å². The van der Waals surface area contributed by atoms with E-state index in [4.69, 9.17) is 4.74 Å². The van der Waals surface area contributed by atoms with E-state index in [0.717, 1.165) is 22.7 Å². The average molecular weight is 398 g/mol. The molecule has 1 N–H and O–H groups in total. The molecule has 2 aromatic carbocycles. The van der Waals surface area contributed by atoms with E-state index in [1.54, 1.807) is 24.3 Å². The number of amides is 1. The van der Waals surface area contributed by atoms with E-state index in [9.17, 15) is 22.0 Å². The first kappa shape index (κ1) is 20.8. The van der Waals surface area contributed by atoms with Gasteiger partial charge in [-0.15, -0.1) is 0 Å². The summed E-state index contributed by atoms with van der Waals surface area (Å²) in [6.07, 6.45) is 0.846. The van der Waals surface area contributed by atoms with Crippen molar-refractivity contribution in [2.45, 2.75) is 13.0 Å². The number of nitrogens with zero attached hydrogens (tertiary/aromatic N) is 1. The molecule has 27 heavy (non-hydrogen) atoms. The topological polar surface area (TPSA) is 75.7 Å². The van der Waals surface area contributed by atoms with Crippen LogP contribution in [0.15, 0.2) is 42.5 Å². The van der Waals surface area contributed by atoms with Crippen LogP contribution in [0.3, 0.4) is 0 Å². The molecule has 0 fully saturated rings. The highest BCUT2D eigenvalue weighted by Crippen LogP contribution is 2.21. The summed E-state index contributed by atoms with van der Waals surface area (Å²) in [5.41, 5.74) is 0.479. The number of rotatable bonds is 8. The summed E-state index contributed by atoms with van der Waals surface area (Å²) in [6.45, 7) is -0.0768. The summed E-state index contributed by atoms with van der Waals surface area (Å²) in [6, 6.07) is 9.72. The SMILES string of the molecule is COc1ccccc1CN(CCC(=O)Nc1ccc(F)cc1F)S(C)(=O)=O. The van der Waals surface area contributed by atoms with Gasteiger partial charge >= 0.3 is 0 Å². The maximum absolute atomic E-state index is 13.6. The number of hydrogen-bond donors (Lipinski definition) is 1. The Labute approximate surface area is 156 Å². The summed E-state index contributed by atoms with van der Waals surface area (Å²) in [4.78, 5) is 12.0. The van der Waals surface area contributed by atoms with Crippen molar-refractivity contribution in [1.29, 1.82) is 0 Å². The average Bonchev–Trinajstić information content (AvgIpc) is 2.60. The second-order valence-electron chi connectivity index (χ2n) is 5.83. The lowest BCUT2D eigenvalue weighted by Crippen LogP contribution is -2.32. The second kappa shape index (κ2) is 8.92. The molecule has 0 saturated heterocycles. The quantitative estimate of drug-likeness (QED) is 0.742. The minimum absolute atomic E-state index is 0.0288. The Bertz CT molecular complexity index is 919. The van der Waals surface area contributed by atoms with Crippen LogP contribution in [0.4, 0.5) is 14.5 Å². The van der Waals surface area contributed by atoms with Gasteiger partial charge in [-0.25, -0.2) is 17.2 Å². The highest BCUT2D eigenvalue weighted by Gasteiger charge is 2.20. The standard InChI is InChI=1S/C18H20F2N2O4S/c1-26-17-6-4-3-5-13(17)12-22(27(2,24)25)10-9-18(23)21-16-8-7-14(19)11-15(16)20/h3-8,11H,9-10,12H2,1-2H3,(H,21,23). The monoisotopic (exact) mass is 398 g/mol. The third-order valence-electron chi connectivity index (χ3n) is 3.80. The Morgan fingerprint density at radius 1 is 1.19 bits per heavy atom. The molecule has 2 aromatic rings. The minimum atomic E-state index is -3.60. The third kappa shape index (κ3) is 6.00. The Morgan fingerprint density at radius 2 is 1.89 bits per heavy atom. The number of anilines is 1. The third-order valence-corrected chi connectivity index (χ3v) is 5.05. The van der Waals surface area contributed by atoms with Gasteiger partial charge < -0.3 is 10.1 Å².